The molecule has 0 aliphatic carbocycles. The van der Waals surface area contributed by atoms with Crippen molar-refractivity contribution in [2.24, 2.45) is 0 Å². The molecule has 0 radical (unpaired) electrons. The molecule has 0 heterocycles. The minimum absolute atomic E-state index is 0.123. The van der Waals surface area contributed by atoms with Crippen LogP contribution in [0.5, 0.6) is 0 Å². The van der Waals surface area contributed by atoms with Crippen LogP contribution in [0.25, 0.3) is 0 Å². The van der Waals surface area contributed by atoms with E-state index in [1.165, 1.54) is 11.1 Å². The molecule has 21 heavy (non-hydrogen) atoms. The first-order chi connectivity index (χ1) is 10.3. The predicted octanol–water partition coefficient (Wildman–Crippen LogP) is 3.20. The third-order valence-electron chi connectivity index (χ3n) is 3.77. The quantitative estimate of drug-likeness (QED) is 0.780. The average molecular weight is 283 g/mol. The Labute approximate surface area is 127 Å². The Morgan fingerprint density at radius 2 is 1.48 bits per heavy atom. The van der Waals surface area contributed by atoms with E-state index in [9.17, 15) is 5.11 Å². The van der Waals surface area contributed by atoms with Crippen molar-refractivity contribution in [3.63, 3.8) is 0 Å². The first kappa shape index (κ1) is 15.7. The van der Waals surface area contributed by atoms with Gasteiger partial charge < -0.3 is 10.4 Å². The molecule has 2 nitrogen and oxygen atoms in total. The molecule has 0 amide bonds. The van der Waals surface area contributed by atoms with Crippen molar-refractivity contribution in [3.8, 4) is 0 Å². The zero-order valence-corrected chi connectivity index (χ0v) is 12.7. The SMILES string of the molecule is CC(CCc1ccccc1)N[C@@H](CO)Cc1ccccc1. The number of rotatable bonds is 8. The lowest BCUT2D eigenvalue weighted by Gasteiger charge is -2.22. The van der Waals surface area contributed by atoms with Crippen LogP contribution in [0, 0.1) is 0 Å². The van der Waals surface area contributed by atoms with Gasteiger partial charge in [-0.05, 0) is 37.3 Å². The van der Waals surface area contributed by atoms with E-state index in [1.807, 2.05) is 24.3 Å². The number of hydrogen-bond acceptors (Lipinski definition) is 2. The minimum Gasteiger partial charge on any atom is -0.395 e. The van der Waals surface area contributed by atoms with Gasteiger partial charge in [-0.15, -0.1) is 0 Å². The van der Waals surface area contributed by atoms with E-state index >= 15 is 0 Å². The number of aryl methyl sites for hydroxylation is 1. The van der Waals surface area contributed by atoms with Gasteiger partial charge in [0.2, 0.25) is 0 Å². The summed E-state index contributed by atoms with van der Waals surface area (Å²) in [5.41, 5.74) is 2.63. The Kier molecular flexibility index (Phi) is 6.45. The topological polar surface area (TPSA) is 32.3 Å². The lowest BCUT2D eigenvalue weighted by atomic mass is 10.0. The first-order valence-electron chi connectivity index (χ1n) is 7.72. The van der Waals surface area contributed by atoms with Gasteiger partial charge in [-0.3, -0.25) is 0 Å². The molecule has 0 aliphatic rings. The first-order valence-corrected chi connectivity index (χ1v) is 7.72. The fraction of sp³-hybridized carbons (Fsp3) is 0.368. The number of hydrogen-bond donors (Lipinski definition) is 2. The van der Waals surface area contributed by atoms with Gasteiger partial charge in [0.25, 0.3) is 0 Å². The second-order valence-corrected chi connectivity index (χ2v) is 5.66. The summed E-state index contributed by atoms with van der Waals surface area (Å²) in [5, 5.41) is 13.1. The molecule has 112 valence electrons. The molecule has 2 aromatic carbocycles. The van der Waals surface area contributed by atoms with Gasteiger partial charge in [-0.1, -0.05) is 60.7 Å². The van der Waals surface area contributed by atoms with Crippen molar-refractivity contribution < 1.29 is 5.11 Å². The summed E-state index contributed by atoms with van der Waals surface area (Å²) in [6, 6.07) is 21.4. The molecular weight excluding hydrogens is 258 g/mol. The maximum absolute atomic E-state index is 9.56. The molecule has 0 fully saturated rings. The van der Waals surface area contributed by atoms with Gasteiger partial charge in [0.15, 0.2) is 0 Å². The van der Waals surface area contributed by atoms with Crippen LogP contribution in [0.1, 0.15) is 24.5 Å². The van der Waals surface area contributed by atoms with Crippen LogP contribution in [0.3, 0.4) is 0 Å². The highest BCUT2D eigenvalue weighted by Crippen LogP contribution is 2.07. The Morgan fingerprint density at radius 3 is 2.05 bits per heavy atom. The molecule has 0 aromatic heterocycles. The van der Waals surface area contributed by atoms with Crippen LogP contribution in [-0.4, -0.2) is 23.8 Å². The van der Waals surface area contributed by atoms with E-state index in [2.05, 4.69) is 48.6 Å². The minimum atomic E-state index is 0.123. The van der Waals surface area contributed by atoms with Crippen LogP contribution < -0.4 is 5.32 Å². The number of aliphatic hydroxyl groups is 1. The highest BCUT2D eigenvalue weighted by atomic mass is 16.3. The van der Waals surface area contributed by atoms with Crippen molar-refractivity contribution >= 4 is 0 Å². The lowest BCUT2D eigenvalue weighted by molar-refractivity contribution is 0.230. The third-order valence-corrected chi connectivity index (χ3v) is 3.77. The fourth-order valence-electron chi connectivity index (χ4n) is 2.59. The smallest absolute Gasteiger partial charge is 0.0587 e. The molecule has 0 saturated heterocycles. The van der Waals surface area contributed by atoms with Crippen molar-refractivity contribution in [3.05, 3.63) is 71.8 Å². The van der Waals surface area contributed by atoms with E-state index in [4.69, 9.17) is 0 Å². The normalized spacial score (nSPS) is 13.8. The van der Waals surface area contributed by atoms with Gasteiger partial charge in [-0.25, -0.2) is 0 Å². The van der Waals surface area contributed by atoms with Crippen molar-refractivity contribution in [1.82, 2.24) is 5.32 Å². The van der Waals surface area contributed by atoms with Gasteiger partial charge in [0.05, 0.1) is 6.61 Å². The molecule has 0 aliphatic heterocycles. The maximum atomic E-state index is 9.56. The maximum Gasteiger partial charge on any atom is 0.0587 e. The summed E-state index contributed by atoms with van der Waals surface area (Å²) in [7, 11) is 0. The van der Waals surface area contributed by atoms with Crippen LogP contribution in [0.4, 0.5) is 0 Å². The van der Waals surface area contributed by atoms with E-state index in [1.54, 1.807) is 0 Å². The molecule has 2 atom stereocenters. The Bertz CT molecular complexity index is 497. The zero-order chi connectivity index (χ0) is 14.9. The average Bonchev–Trinajstić information content (AvgIpc) is 2.54. The Morgan fingerprint density at radius 1 is 0.905 bits per heavy atom. The summed E-state index contributed by atoms with van der Waals surface area (Å²) < 4.78 is 0. The molecular formula is C19H25NO. The highest BCUT2D eigenvalue weighted by molar-refractivity contribution is 5.16. The van der Waals surface area contributed by atoms with Crippen LogP contribution in [-0.2, 0) is 12.8 Å². The standard InChI is InChI=1S/C19H25NO/c1-16(12-13-17-8-4-2-5-9-17)20-19(15-21)14-18-10-6-3-7-11-18/h2-11,16,19-21H,12-15H2,1H3/t16?,19-/m1/s1. The van der Waals surface area contributed by atoms with E-state index in [-0.39, 0.29) is 12.6 Å². The van der Waals surface area contributed by atoms with Crippen LogP contribution >= 0.6 is 0 Å². The third kappa shape index (κ3) is 5.70. The zero-order valence-electron chi connectivity index (χ0n) is 12.7. The molecule has 0 bridgehead atoms. The summed E-state index contributed by atoms with van der Waals surface area (Å²) in [6.07, 6.45) is 3.01. The van der Waals surface area contributed by atoms with E-state index in [0.717, 1.165) is 19.3 Å². The van der Waals surface area contributed by atoms with Crippen molar-refractivity contribution in [2.45, 2.75) is 38.3 Å². The van der Waals surface area contributed by atoms with E-state index in [0.29, 0.717) is 6.04 Å². The van der Waals surface area contributed by atoms with Gasteiger partial charge >= 0.3 is 0 Å². The molecule has 2 N–H and O–H groups in total. The Hall–Kier alpha value is -1.64. The highest BCUT2D eigenvalue weighted by Gasteiger charge is 2.11. The predicted molar refractivity (Wildman–Crippen MR) is 88.4 cm³/mol. The Balaban J connectivity index is 1.78. The lowest BCUT2D eigenvalue weighted by Crippen LogP contribution is -2.40. The molecule has 0 spiro atoms. The molecule has 2 heteroatoms. The molecule has 2 rings (SSSR count). The summed E-state index contributed by atoms with van der Waals surface area (Å²) >= 11 is 0. The summed E-state index contributed by atoms with van der Waals surface area (Å²) in [6.45, 7) is 2.36. The second-order valence-electron chi connectivity index (χ2n) is 5.66. The van der Waals surface area contributed by atoms with Gasteiger partial charge in [0, 0.05) is 12.1 Å². The monoisotopic (exact) mass is 283 g/mol. The molecule has 1 unspecified atom stereocenters. The fourth-order valence-corrected chi connectivity index (χ4v) is 2.59. The second kappa shape index (κ2) is 8.60. The van der Waals surface area contributed by atoms with E-state index < -0.39 is 0 Å². The molecule has 2 aromatic rings. The number of nitrogens with one attached hydrogen (secondary N) is 1. The number of aliphatic hydroxyl groups excluding tert-OH is 1. The van der Waals surface area contributed by atoms with Crippen LogP contribution in [0.15, 0.2) is 60.7 Å². The van der Waals surface area contributed by atoms with Gasteiger partial charge in [-0.2, -0.15) is 0 Å². The summed E-state index contributed by atoms with van der Waals surface area (Å²) in [5.74, 6) is 0. The largest absolute Gasteiger partial charge is 0.395 e. The van der Waals surface area contributed by atoms with Crippen molar-refractivity contribution in [2.75, 3.05) is 6.61 Å². The van der Waals surface area contributed by atoms with Crippen molar-refractivity contribution in [1.29, 1.82) is 0 Å². The summed E-state index contributed by atoms with van der Waals surface area (Å²) in [4.78, 5) is 0. The van der Waals surface area contributed by atoms with Gasteiger partial charge in [0.1, 0.15) is 0 Å². The van der Waals surface area contributed by atoms with Crippen LogP contribution in [0.2, 0.25) is 0 Å². The number of benzene rings is 2. The molecule has 0 saturated carbocycles.